The fourth-order valence-corrected chi connectivity index (χ4v) is 1.69. The van der Waals surface area contributed by atoms with Gasteiger partial charge in [0.1, 0.15) is 0 Å². The van der Waals surface area contributed by atoms with E-state index in [1.807, 2.05) is 25.2 Å². The molecule has 0 fully saturated rings. The van der Waals surface area contributed by atoms with Crippen LogP contribution in [0.2, 0.25) is 0 Å². The fraction of sp³-hybridized carbons (Fsp3) is 0.450. The lowest BCUT2D eigenvalue weighted by Crippen LogP contribution is -1.97. The number of carbonyl (C=O) groups is 1. The molecule has 0 unspecified atom stereocenters. The van der Waals surface area contributed by atoms with Crippen LogP contribution < -0.4 is 0 Å². The highest BCUT2D eigenvalue weighted by atomic mass is 16.4. The van der Waals surface area contributed by atoms with Crippen LogP contribution in [0.1, 0.15) is 51.9 Å². The van der Waals surface area contributed by atoms with Crippen molar-refractivity contribution in [3.63, 3.8) is 0 Å². The van der Waals surface area contributed by atoms with E-state index in [2.05, 4.69) is 36.5 Å². The highest BCUT2D eigenvalue weighted by molar-refractivity contribution is 5.66. The largest absolute Gasteiger partial charge is 0.481 e. The first-order chi connectivity index (χ1) is 11.2. The van der Waals surface area contributed by atoms with Gasteiger partial charge < -0.3 is 10.2 Å². The molecule has 128 valence electrons. The molecule has 0 saturated heterocycles. The topological polar surface area (TPSA) is 57.5 Å². The molecule has 0 aromatic heterocycles. The molecule has 2 N–H and O–H groups in total. The smallest absolute Gasteiger partial charge is 0.303 e. The zero-order chi connectivity index (χ0) is 17.2. The second kappa shape index (κ2) is 16.5. The predicted molar refractivity (Wildman–Crippen MR) is 97.3 cm³/mol. The third-order valence-electron chi connectivity index (χ3n) is 3.08. The maximum absolute atomic E-state index is 10.3. The molecule has 0 spiro atoms. The highest BCUT2D eigenvalue weighted by Crippen LogP contribution is 1.99. The van der Waals surface area contributed by atoms with E-state index in [-0.39, 0.29) is 12.5 Å². The summed E-state index contributed by atoms with van der Waals surface area (Å²) < 4.78 is 0. The van der Waals surface area contributed by atoms with E-state index in [1.165, 1.54) is 0 Å². The van der Waals surface area contributed by atoms with Crippen LogP contribution >= 0.6 is 0 Å². The second-order valence-corrected chi connectivity index (χ2v) is 5.20. The van der Waals surface area contributed by atoms with E-state index in [9.17, 15) is 9.90 Å². The number of rotatable bonds is 13. The van der Waals surface area contributed by atoms with Crippen LogP contribution in [0.25, 0.3) is 0 Å². The average Bonchev–Trinajstić information content (AvgIpc) is 2.53. The van der Waals surface area contributed by atoms with Crippen molar-refractivity contribution in [2.24, 2.45) is 0 Å². The Morgan fingerprint density at radius 1 is 0.913 bits per heavy atom. The highest BCUT2D eigenvalue weighted by Gasteiger charge is 1.92. The third-order valence-corrected chi connectivity index (χ3v) is 3.08. The van der Waals surface area contributed by atoms with E-state index < -0.39 is 5.97 Å². The lowest BCUT2D eigenvalue weighted by Gasteiger charge is -1.95. The zero-order valence-corrected chi connectivity index (χ0v) is 14.1. The maximum atomic E-state index is 10.3. The third kappa shape index (κ3) is 18.1. The lowest BCUT2D eigenvalue weighted by atomic mass is 10.2. The molecule has 3 heteroatoms. The Balaban J connectivity index is 3.55. The van der Waals surface area contributed by atoms with E-state index in [1.54, 1.807) is 6.08 Å². The Hall–Kier alpha value is -1.87. The van der Waals surface area contributed by atoms with Gasteiger partial charge in [0, 0.05) is 6.42 Å². The molecule has 0 aromatic carbocycles. The summed E-state index contributed by atoms with van der Waals surface area (Å²) in [6.45, 7) is 1.95. The first-order valence-electron chi connectivity index (χ1n) is 8.35. The second-order valence-electron chi connectivity index (χ2n) is 5.20. The molecular weight excluding hydrogens is 288 g/mol. The van der Waals surface area contributed by atoms with E-state index in [0.717, 1.165) is 32.1 Å². The van der Waals surface area contributed by atoms with Gasteiger partial charge in [-0.2, -0.15) is 0 Å². The van der Waals surface area contributed by atoms with Crippen LogP contribution in [-0.4, -0.2) is 22.3 Å². The number of carboxylic acids is 1. The molecular formula is C20H30O3. The minimum Gasteiger partial charge on any atom is -0.481 e. The minimum atomic E-state index is -0.727. The molecule has 0 amide bonds. The molecule has 3 nitrogen and oxygen atoms in total. The fourth-order valence-electron chi connectivity index (χ4n) is 1.69. The summed E-state index contributed by atoms with van der Waals surface area (Å²) in [5.74, 6) is -0.727. The normalized spacial score (nSPS) is 14.2. The molecule has 1 atom stereocenters. The molecule has 0 aliphatic carbocycles. The van der Waals surface area contributed by atoms with Crippen molar-refractivity contribution in [3.8, 4) is 0 Å². The van der Waals surface area contributed by atoms with Crippen LogP contribution in [0.4, 0.5) is 0 Å². The summed E-state index contributed by atoms with van der Waals surface area (Å²) in [7, 11) is 0. The molecule has 0 aliphatic rings. The first-order valence-corrected chi connectivity index (χ1v) is 8.35. The molecule has 0 bridgehead atoms. The van der Waals surface area contributed by atoms with Gasteiger partial charge >= 0.3 is 5.97 Å². The van der Waals surface area contributed by atoms with Crippen molar-refractivity contribution >= 4 is 5.97 Å². The molecule has 0 aromatic rings. The number of hydrogen-bond donors (Lipinski definition) is 2. The van der Waals surface area contributed by atoms with Gasteiger partial charge in [-0.1, -0.05) is 67.7 Å². The number of aliphatic hydroxyl groups excluding tert-OH is 1. The SMILES string of the molecule is CC[C@H](O)/C=C/C=C/C/C=C/C/C=C\C/C=C\CCCC(=O)O. The number of aliphatic hydroxyl groups is 1. The van der Waals surface area contributed by atoms with Gasteiger partial charge in [-0.3, -0.25) is 4.79 Å². The summed E-state index contributed by atoms with van der Waals surface area (Å²) in [6, 6.07) is 0. The van der Waals surface area contributed by atoms with Gasteiger partial charge in [0.15, 0.2) is 0 Å². The van der Waals surface area contributed by atoms with Crippen molar-refractivity contribution in [3.05, 3.63) is 60.8 Å². The van der Waals surface area contributed by atoms with Crippen molar-refractivity contribution in [1.29, 1.82) is 0 Å². The monoisotopic (exact) mass is 318 g/mol. The molecule has 0 aliphatic heterocycles. The van der Waals surface area contributed by atoms with Crippen LogP contribution in [0.3, 0.4) is 0 Å². The molecule has 0 saturated carbocycles. The molecule has 0 radical (unpaired) electrons. The number of allylic oxidation sites excluding steroid dienone is 9. The summed E-state index contributed by atoms with van der Waals surface area (Å²) in [4.78, 5) is 10.3. The Labute approximate surface area is 140 Å². The van der Waals surface area contributed by atoms with Crippen LogP contribution in [0, 0.1) is 0 Å². The summed E-state index contributed by atoms with van der Waals surface area (Å²) >= 11 is 0. The zero-order valence-electron chi connectivity index (χ0n) is 14.1. The lowest BCUT2D eigenvalue weighted by molar-refractivity contribution is -0.137. The maximum Gasteiger partial charge on any atom is 0.303 e. The van der Waals surface area contributed by atoms with Gasteiger partial charge in [-0.15, -0.1) is 0 Å². The standard InChI is InChI=1S/C20H30O3/c1-2-19(21)17-15-13-11-9-7-5-3-4-6-8-10-12-14-16-18-20(22)23/h4-7,10-13,15,17,19,21H,2-3,8-9,14,16,18H2,1H3,(H,22,23)/b6-4-,7-5+,12-10-,13-11+,17-15+/t19-/m0/s1. The molecule has 23 heavy (non-hydrogen) atoms. The van der Waals surface area contributed by atoms with Crippen LogP contribution in [0.15, 0.2) is 60.8 Å². The average molecular weight is 318 g/mol. The quantitative estimate of drug-likeness (QED) is 0.286. The van der Waals surface area contributed by atoms with E-state index in [0.29, 0.717) is 6.42 Å². The summed E-state index contributed by atoms with van der Waals surface area (Å²) in [5.41, 5.74) is 0. The Kier molecular flexibility index (Phi) is 15.2. The number of carboxylic acid groups (broad SMARTS) is 1. The Morgan fingerprint density at radius 3 is 2.04 bits per heavy atom. The van der Waals surface area contributed by atoms with Gasteiger partial charge in [0.25, 0.3) is 0 Å². The van der Waals surface area contributed by atoms with Gasteiger partial charge in [-0.05, 0) is 38.5 Å². The minimum absolute atomic E-state index is 0.244. The van der Waals surface area contributed by atoms with Gasteiger partial charge in [0.05, 0.1) is 6.10 Å². The van der Waals surface area contributed by atoms with Crippen molar-refractivity contribution in [1.82, 2.24) is 0 Å². The first kappa shape index (κ1) is 21.1. The van der Waals surface area contributed by atoms with Crippen molar-refractivity contribution < 1.29 is 15.0 Å². The van der Waals surface area contributed by atoms with Crippen molar-refractivity contribution in [2.75, 3.05) is 0 Å². The van der Waals surface area contributed by atoms with Crippen LogP contribution in [0.5, 0.6) is 0 Å². The number of unbranched alkanes of at least 4 members (excludes halogenated alkanes) is 1. The number of hydrogen-bond acceptors (Lipinski definition) is 2. The molecule has 0 heterocycles. The van der Waals surface area contributed by atoms with E-state index >= 15 is 0 Å². The molecule has 0 rings (SSSR count). The predicted octanol–water partition coefficient (Wildman–Crippen LogP) is 4.96. The van der Waals surface area contributed by atoms with Gasteiger partial charge in [-0.25, -0.2) is 0 Å². The Morgan fingerprint density at radius 2 is 1.48 bits per heavy atom. The summed E-state index contributed by atoms with van der Waals surface area (Å²) in [5, 5.41) is 17.8. The number of aliphatic carboxylic acids is 1. The van der Waals surface area contributed by atoms with Crippen LogP contribution in [-0.2, 0) is 4.79 Å². The summed E-state index contributed by atoms with van der Waals surface area (Å²) in [6.07, 6.45) is 25.2. The van der Waals surface area contributed by atoms with Gasteiger partial charge in [0.2, 0.25) is 0 Å². The van der Waals surface area contributed by atoms with E-state index in [4.69, 9.17) is 5.11 Å². The van der Waals surface area contributed by atoms with Crippen molar-refractivity contribution in [2.45, 2.75) is 58.0 Å². The Bertz CT molecular complexity index is 428.